The molecule has 1 heterocycles. The third kappa shape index (κ3) is 4.71. The minimum absolute atomic E-state index is 0. The molecule has 0 unspecified atom stereocenters. The van der Waals surface area contributed by atoms with Crippen LogP contribution in [0.25, 0.3) is 0 Å². The Hall–Kier alpha value is -1.53. The Labute approximate surface area is 181 Å². The highest BCUT2D eigenvalue weighted by atomic mass is 35.5. The number of hydrogen-bond donors (Lipinski definition) is 1. The molecule has 2 aromatic carbocycles. The Morgan fingerprint density at radius 1 is 1.11 bits per heavy atom. The summed E-state index contributed by atoms with van der Waals surface area (Å²) in [6.07, 6.45) is 0. The lowest BCUT2D eigenvalue weighted by atomic mass is 10.2. The molecule has 1 aliphatic rings. The van der Waals surface area contributed by atoms with E-state index in [-0.39, 0.29) is 22.9 Å². The highest BCUT2D eigenvalue weighted by molar-refractivity contribution is 7.89. The van der Waals surface area contributed by atoms with E-state index in [4.69, 9.17) is 23.2 Å². The SMILES string of the molecule is CN(c1cc(Cl)cc(Cl)c1)c1ccc(C#N)cc1S(=O)(=O)N1CCNCC1.Cl. The molecule has 3 rings (SSSR count). The van der Waals surface area contributed by atoms with Gasteiger partial charge < -0.3 is 10.2 Å². The highest BCUT2D eigenvalue weighted by Gasteiger charge is 2.30. The third-order valence-electron chi connectivity index (χ3n) is 4.38. The monoisotopic (exact) mass is 460 g/mol. The fourth-order valence-corrected chi connectivity index (χ4v) is 5.16. The summed E-state index contributed by atoms with van der Waals surface area (Å²) in [5.41, 5.74) is 1.38. The van der Waals surface area contributed by atoms with Gasteiger partial charge >= 0.3 is 0 Å². The molecule has 0 radical (unpaired) electrons. The second-order valence-corrected chi connectivity index (χ2v) is 8.91. The standard InChI is InChI=1S/C18H18Cl2N4O2S.ClH/c1-23(16-10-14(19)9-15(20)11-16)17-3-2-13(12-21)8-18(17)27(25,26)24-6-4-22-5-7-24;/h2-3,8-11,22H,4-7H2,1H3;1H. The van der Waals surface area contributed by atoms with Gasteiger partial charge in [0.25, 0.3) is 0 Å². The maximum absolute atomic E-state index is 13.3. The molecular formula is C18H19Cl3N4O2S. The summed E-state index contributed by atoms with van der Waals surface area (Å²) >= 11 is 12.2. The van der Waals surface area contributed by atoms with Gasteiger partial charge in [-0.05, 0) is 36.4 Å². The molecule has 1 aliphatic heterocycles. The molecular weight excluding hydrogens is 443 g/mol. The van der Waals surface area contributed by atoms with Gasteiger partial charge in [0, 0.05) is 49.0 Å². The summed E-state index contributed by atoms with van der Waals surface area (Å²) < 4.78 is 27.9. The van der Waals surface area contributed by atoms with Gasteiger partial charge in [0.05, 0.1) is 17.3 Å². The Balaban J connectivity index is 0.00000280. The topological polar surface area (TPSA) is 76.4 Å². The number of nitriles is 1. The van der Waals surface area contributed by atoms with Gasteiger partial charge in [0.1, 0.15) is 4.90 Å². The van der Waals surface area contributed by atoms with E-state index in [2.05, 4.69) is 5.32 Å². The molecule has 1 N–H and O–H groups in total. The quantitative estimate of drug-likeness (QED) is 0.752. The Kier molecular flexibility index (Phi) is 7.57. The Morgan fingerprint density at radius 3 is 2.29 bits per heavy atom. The molecule has 10 heteroatoms. The van der Waals surface area contributed by atoms with Crippen LogP contribution in [-0.2, 0) is 10.0 Å². The number of hydrogen-bond acceptors (Lipinski definition) is 5. The van der Waals surface area contributed by atoms with Crippen LogP contribution in [0.3, 0.4) is 0 Å². The van der Waals surface area contributed by atoms with Crippen LogP contribution in [0.5, 0.6) is 0 Å². The molecule has 6 nitrogen and oxygen atoms in total. The zero-order chi connectivity index (χ0) is 19.6. The van der Waals surface area contributed by atoms with E-state index in [1.54, 1.807) is 42.3 Å². The number of piperazine rings is 1. The number of anilines is 2. The second-order valence-electron chi connectivity index (χ2n) is 6.14. The normalized spacial score (nSPS) is 14.8. The van der Waals surface area contributed by atoms with Crippen molar-refractivity contribution in [2.24, 2.45) is 0 Å². The van der Waals surface area contributed by atoms with Crippen molar-refractivity contribution in [2.45, 2.75) is 4.90 Å². The Morgan fingerprint density at radius 2 is 1.71 bits per heavy atom. The number of halogens is 3. The summed E-state index contributed by atoms with van der Waals surface area (Å²) in [4.78, 5) is 1.79. The van der Waals surface area contributed by atoms with E-state index < -0.39 is 10.0 Å². The van der Waals surface area contributed by atoms with Gasteiger partial charge in [-0.1, -0.05) is 23.2 Å². The smallest absolute Gasteiger partial charge is 0.245 e. The lowest BCUT2D eigenvalue weighted by Crippen LogP contribution is -2.46. The fraction of sp³-hybridized carbons (Fsp3) is 0.278. The van der Waals surface area contributed by atoms with Crippen LogP contribution in [0.1, 0.15) is 5.56 Å². The van der Waals surface area contributed by atoms with Crippen molar-refractivity contribution in [1.29, 1.82) is 5.26 Å². The number of nitrogens with one attached hydrogen (secondary N) is 1. The first-order valence-electron chi connectivity index (χ1n) is 8.28. The lowest BCUT2D eigenvalue weighted by molar-refractivity contribution is 0.360. The highest BCUT2D eigenvalue weighted by Crippen LogP contribution is 2.35. The zero-order valence-corrected chi connectivity index (χ0v) is 18.2. The predicted molar refractivity (Wildman–Crippen MR) is 115 cm³/mol. The minimum atomic E-state index is -3.76. The molecule has 1 fully saturated rings. The van der Waals surface area contributed by atoms with E-state index in [9.17, 15) is 13.7 Å². The van der Waals surface area contributed by atoms with Crippen LogP contribution >= 0.6 is 35.6 Å². The van der Waals surface area contributed by atoms with Crippen LogP contribution in [0.4, 0.5) is 11.4 Å². The van der Waals surface area contributed by atoms with Crippen molar-refractivity contribution in [3.63, 3.8) is 0 Å². The van der Waals surface area contributed by atoms with Gasteiger partial charge in [-0.3, -0.25) is 0 Å². The third-order valence-corrected chi connectivity index (χ3v) is 6.74. The number of nitrogens with zero attached hydrogens (tertiary/aromatic N) is 3. The van der Waals surface area contributed by atoms with Crippen LogP contribution in [-0.4, -0.2) is 45.9 Å². The van der Waals surface area contributed by atoms with Gasteiger partial charge in [-0.2, -0.15) is 9.57 Å². The average molecular weight is 462 g/mol. The number of rotatable bonds is 4. The largest absolute Gasteiger partial charge is 0.343 e. The Bertz CT molecular complexity index is 982. The molecule has 0 aromatic heterocycles. The predicted octanol–water partition coefficient (Wildman–Crippen LogP) is 3.65. The molecule has 0 aliphatic carbocycles. The van der Waals surface area contributed by atoms with Crippen molar-refractivity contribution in [2.75, 3.05) is 38.1 Å². The molecule has 150 valence electrons. The van der Waals surface area contributed by atoms with Crippen molar-refractivity contribution >= 4 is 57.0 Å². The van der Waals surface area contributed by atoms with Crippen molar-refractivity contribution < 1.29 is 8.42 Å². The molecule has 0 saturated carbocycles. The first-order valence-corrected chi connectivity index (χ1v) is 10.5. The van der Waals surface area contributed by atoms with Crippen molar-refractivity contribution in [3.8, 4) is 6.07 Å². The van der Waals surface area contributed by atoms with E-state index in [1.165, 1.54) is 10.4 Å². The average Bonchev–Trinajstić information content (AvgIpc) is 2.67. The minimum Gasteiger partial charge on any atom is -0.343 e. The van der Waals surface area contributed by atoms with E-state index in [0.717, 1.165) is 0 Å². The summed E-state index contributed by atoms with van der Waals surface area (Å²) in [6.45, 7) is 1.94. The van der Waals surface area contributed by atoms with E-state index in [1.807, 2.05) is 6.07 Å². The molecule has 0 atom stereocenters. The lowest BCUT2D eigenvalue weighted by Gasteiger charge is -2.29. The summed E-state index contributed by atoms with van der Waals surface area (Å²) in [5, 5.41) is 13.3. The van der Waals surface area contributed by atoms with Gasteiger partial charge in [-0.25, -0.2) is 8.42 Å². The van der Waals surface area contributed by atoms with Crippen molar-refractivity contribution in [3.05, 3.63) is 52.0 Å². The maximum Gasteiger partial charge on any atom is 0.245 e. The zero-order valence-electron chi connectivity index (χ0n) is 15.0. The van der Waals surface area contributed by atoms with Gasteiger partial charge in [0.2, 0.25) is 10.0 Å². The summed E-state index contributed by atoms with van der Waals surface area (Å²) in [6, 6.07) is 11.7. The van der Waals surface area contributed by atoms with Crippen LogP contribution in [0.2, 0.25) is 10.0 Å². The molecule has 28 heavy (non-hydrogen) atoms. The number of benzene rings is 2. The molecule has 1 saturated heterocycles. The van der Waals surface area contributed by atoms with Crippen LogP contribution in [0, 0.1) is 11.3 Å². The van der Waals surface area contributed by atoms with E-state index in [0.29, 0.717) is 47.6 Å². The summed E-state index contributed by atoms with van der Waals surface area (Å²) in [5.74, 6) is 0. The first-order chi connectivity index (χ1) is 12.8. The maximum atomic E-state index is 13.3. The fourth-order valence-electron chi connectivity index (χ4n) is 2.96. The van der Waals surface area contributed by atoms with E-state index >= 15 is 0 Å². The molecule has 0 amide bonds. The van der Waals surface area contributed by atoms with Gasteiger partial charge in [0.15, 0.2) is 0 Å². The second kappa shape index (κ2) is 9.31. The molecule has 2 aromatic rings. The van der Waals surface area contributed by atoms with Crippen molar-refractivity contribution in [1.82, 2.24) is 9.62 Å². The first kappa shape index (κ1) is 22.8. The summed E-state index contributed by atoms with van der Waals surface area (Å²) in [7, 11) is -2.03. The number of sulfonamides is 1. The van der Waals surface area contributed by atoms with Crippen LogP contribution in [0.15, 0.2) is 41.3 Å². The van der Waals surface area contributed by atoms with Crippen LogP contribution < -0.4 is 10.2 Å². The molecule has 0 bridgehead atoms. The molecule has 0 spiro atoms. The van der Waals surface area contributed by atoms with Gasteiger partial charge in [-0.15, -0.1) is 12.4 Å².